The van der Waals surface area contributed by atoms with Gasteiger partial charge in [-0.2, -0.15) is 0 Å². The Bertz CT molecular complexity index is 1900. The smallest absolute Gasteiger partial charge is 0.462 e. The number of ether oxygens (including phenoxy) is 2. The number of allylic oxidation sites excluding steroid dienone is 24. The van der Waals surface area contributed by atoms with E-state index in [1.807, 2.05) is 0 Å². The fourth-order valence-electron chi connectivity index (χ4n) is 9.23. The zero-order valence-electron chi connectivity index (χ0n) is 54.3. The third-order valence-corrected chi connectivity index (χ3v) is 15.2. The molecule has 10 heteroatoms. The van der Waals surface area contributed by atoms with Gasteiger partial charge in [-0.15, -0.1) is 0 Å². The van der Waals surface area contributed by atoms with Gasteiger partial charge in [-0.3, -0.25) is 18.6 Å². The molecule has 0 amide bonds. The molecule has 2 atom stereocenters. The van der Waals surface area contributed by atoms with E-state index in [0.29, 0.717) is 6.42 Å². The van der Waals surface area contributed by atoms with Crippen LogP contribution in [0.4, 0.5) is 0 Å². The first-order chi connectivity index (χ1) is 41.8. The van der Waals surface area contributed by atoms with Gasteiger partial charge in [0.25, 0.3) is 0 Å². The minimum absolute atomic E-state index is 0.0478. The summed E-state index contributed by atoms with van der Waals surface area (Å²) in [7, 11) is -4.40. The molecule has 0 aromatic carbocycles. The number of nitrogens with two attached hydrogens (primary N) is 1. The first kappa shape index (κ1) is 80.9. The Labute approximate surface area is 522 Å². The first-order valence-corrected chi connectivity index (χ1v) is 35.8. The van der Waals surface area contributed by atoms with Gasteiger partial charge in [-0.1, -0.05) is 301 Å². The topological polar surface area (TPSA) is 134 Å². The maximum atomic E-state index is 12.8. The summed E-state index contributed by atoms with van der Waals surface area (Å²) < 4.78 is 33.2. The summed E-state index contributed by atoms with van der Waals surface area (Å²) in [5.74, 6) is -0.831. The summed E-state index contributed by atoms with van der Waals surface area (Å²) in [5.41, 5.74) is 5.40. The van der Waals surface area contributed by atoms with Crippen LogP contribution in [0.5, 0.6) is 0 Å². The van der Waals surface area contributed by atoms with Gasteiger partial charge in [-0.05, 0) is 116 Å². The molecule has 2 unspecified atom stereocenters. The molecular formula is C75H126NO8P. The second kappa shape index (κ2) is 69.0. The Hall–Kier alpha value is -4.11. The van der Waals surface area contributed by atoms with Gasteiger partial charge in [-0.25, -0.2) is 4.57 Å². The van der Waals surface area contributed by atoms with E-state index in [-0.39, 0.29) is 38.6 Å². The molecule has 484 valence electrons. The first-order valence-electron chi connectivity index (χ1n) is 34.3. The van der Waals surface area contributed by atoms with Crippen LogP contribution >= 0.6 is 7.82 Å². The molecule has 0 heterocycles. The average molecular weight is 1200 g/mol. The number of hydrogen-bond donors (Lipinski definition) is 2. The van der Waals surface area contributed by atoms with E-state index < -0.39 is 26.5 Å². The Morgan fingerprint density at radius 1 is 0.353 bits per heavy atom. The molecule has 0 aliphatic rings. The van der Waals surface area contributed by atoms with Crippen molar-refractivity contribution in [2.45, 2.75) is 290 Å². The Morgan fingerprint density at radius 2 is 0.612 bits per heavy atom. The number of phosphoric ester groups is 1. The number of carbonyl (C=O) groups is 2. The van der Waals surface area contributed by atoms with E-state index in [2.05, 4.69) is 160 Å². The SMILES string of the molecule is CC/C=C\C/C=C\C/C=C\C/C=C\C/C=C\C/C=C\C/C=C\C/C=C\CCCCCCCCCCCCCCCCC(=O)OC(COC(=O)CCCCCCCCCCCCCC/C=C\C/C=C\C/C=C\C/C=C\CC)COP(=O)(O)OCCN. The van der Waals surface area contributed by atoms with Crippen molar-refractivity contribution < 1.29 is 37.6 Å². The highest BCUT2D eigenvalue weighted by Gasteiger charge is 2.26. The lowest BCUT2D eigenvalue weighted by molar-refractivity contribution is -0.161. The van der Waals surface area contributed by atoms with E-state index in [9.17, 15) is 19.0 Å². The number of carbonyl (C=O) groups excluding carboxylic acids is 2. The minimum Gasteiger partial charge on any atom is -0.462 e. The molecule has 0 aromatic heterocycles. The van der Waals surface area contributed by atoms with Crippen molar-refractivity contribution in [3.63, 3.8) is 0 Å². The standard InChI is InChI=1S/C75H126NO8P/c1-3-5-7-9-11-13-15-17-19-21-23-25-27-29-30-31-32-33-34-35-36-37-38-39-40-41-42-44-46-48-50-52-54-56-58-60-62-64-66-68-75(78)84-73(72-83-85(79,80)82-70-69-76)71-81-74(77)67-65-63-61-59-57-55-53-51-49-47-45-43-28-26-24-22-20-18-16-14-12-10-8-6-4-2/h5-8,11-14,17-20,23-26,29-30,32-33,35-36,38-39,73H,3-4,9-10,15-16,21-22,27-28,31,34,37,40-72,76H2,1-2H3,(H,79,80)/b7-5-,8-6-,13-11-,14-12-,19-17-,20-18-,25-23-,26-24-,30-29-,33-32-,36-35-,39-38-. The van der Waals surface area contributed by atoms with Crippen LogP contribution in [0.25, 0.3) is 0 Å². The molecule has 9 nitrogen and oxygen atoms in total. The zero-order valence-corrected chi connectivity index (χ0v) is 55.2. The summed E-state index contributed by atoms with van der Waals surface area (Å²) in [6, 6.07) is 0. The molecule has 0 radical (unpaired) electrons. The lowest BCUT2D eigenvalue weighted by Crippen LogP contribution is -2.29. The van der Waals surface area contributed by atoms with Crippen molar-refractivity contribution in [1.29, 1.82) is 0 Å². The van der Waals surface area contributed by atoms with Crippen LogP contribution in [0, 0.1) is 0 Å². The van der Waals surface area contributed by atoms with Gasteiger partial charge in [0.1, 0.15) is 6.61 Å². The normalized spacial score (nSPS) is 13.9. The third kappa shape index (κ3) is 68.9. The van der Waals surface area contributed by atoms with Crippen molar-refractivity contribution in [2.24, 2.45) is 5.73 Å². The molecule has 0 aliphatic heterocycles. The van der Waals surface area contributed by atoms with Crippen LogP contribution in [0.2, 0.25) is 0 Å². The van der Waals surface area contributed by atoms with Crippen molar-refractivity contribution in [3.05, 3.63) is 146 Å². The molecule has 3 N–H and O–H groups in total. The summed E-state index contributed by atoms with van der Waals surface area (Å²) in [5, 5.41) is 0. The molecule has 0 rings (SSSR count). The van der Waals surface area contributed by atoms with Crippen LogP contribution < -0.4 is 5.73 Å². The van der Waals surface area contributed by atoms with Crippen LogP contribution in [-0.2, 0) is 32.7 Å². The zero-order chi connectivity index (χ0) is 61.6. The summed E-state index contributed by atoms with van der Waals surface area (Å²) >= 11 is 0. The predicted octanol–water partition coefficient (Wildman–Crippen LogP) is 22.6. The van der Waals surface area contributed by atoms with Gasteiger partial charge in [0.15, 0.2) is 6.10 Å². The molecule has 0 fully saturated rings. The van der Waals surface area contributed by atoms with Gasteiger partial charge in [0, 0.05) is 19.4 Å². The van der Waals surface area contributed by atoms with Gasteiger partial charge >= 0.3 is 19.8 Å². The van der Waals surface area contributed by atoms with E-state index in [1.54, 1.807) is 0 Å². The Kier molecular flexibility index (Phi) is 65.7. The molecule has 0 bridgehead atoms. The van der Waals surface area contributed by atoms with Crippen molar-refractivity contribution in [3.8, 4) is 0 Å². The van der Waals surface area contributed by atoms with Crippen molar-refractivity contribution >= 4 is 19.8 Å². The monoisotopic (exact) mass is 1200 g/mol. The molecule has 0 spiro atoms. The molecule has 0 saturated heterocycles. The number of rotatable bonds is 63. The maximum absolute atomic E-state index is 12.8. The molecular weight excluding hydrogens is 1070 g/mol. The van der Waals surface area contributed by atoms with Gasteiger partial charge < -0.3 is 20.1 Å². The second-order valence-corrected chi connectivity index (χ2v) is 23.7. The van der Waals surface area contributed by atoms with Crippen LogP contribution in [0.3, 0.4) is 0 Å². The molecule has 85 heavy (non-hydrogen) atoms. The highest BCUT2D eigenvalue weighted by atomic mass is 31.2. The number of hydrogen-bond acceptors (Lipinski definition) is 8. The fraction of sp³-hybridized carbons (Fsp3) is 0.653. The number of unbranched alkanes of at least 4 members (excludes halogenated alkanes) is 26. The largest absolute Gasteiger partial charge is 0.472 e. The molecule has 0 aromatic rings. The van der Waals surface area contributed by atoms with E-state index in [0.717, 1.165) is 116 Å². The average Bonchev–Trinajstić information content (AvgIpc) is 3.53. The highest BCUT2D eigenvalue weighted by Crippen LogP contribution is 2.43. The van der Waals surface area contributed by atoms with Crippen molar-refractivity contribution in [1.82, 2.24) is 0 Å². The minimum atomic E-state index is -4.40. The lowest BCUT2D eigenvalue weighted by atomic mass is 10.0. The Balaban J connectivity index is 3.91. The van der Waals surface area contributed by atoms with Crippen LogP contribution in [0.1, 0.15) is 284 Å². The van der Waals surface area contributed by atoms with Gasteiger partial charge in [0.05, 0.1) is 13.2 Å². The molecule has 0 aliphatic carbocycles. The summed E-state index contributed by atoms with van der Waals surface area (Å²) in [6.45, 7) is 3.53. The summed E-state index contributed by atoms with van der Waals surface area (Å²) in [4.78, 5) is 35.3. The molecule has 0 saturated carbocycles. The second-order valence-electron chi connectivity index (χ2n) is 22.3. The maximum Gasteiger partial charge on any atom is 0.472 e. The van der Waals surface area contributed by atoms with Crippen LogP contribution in [0.15, 0.2) is 146 Å². The van der Waals surface area contributed by atoms with E-state index in [4.69, 9.17) is 24.3 Å². The fourth-order valence-corrected chi connectivity index (χ4v) is 10.00. The third-order valence-electron chi connectivity index (χ3n) is 14.2. The van der Waals surface area contributed by atoms with Gasteiger partial charge in [0.2, 0.25) is 0 Å². The van der Waals surface area contributed by atoms with E-state index >= 15 is 0 Å². The lowest BCUT2D eigenvalue weighted by Gasteiger charge is -2.19. The van der Waals surface area contributed by atoms with E-state index in [1.165, 1.54) is 135 Å². The van der Waals surface area contributed by atoms with Crippen molar-refractivity contribution in [2.75, 3.05) is 26.4 Å². The highest BCUT2D eigenvalue weighted by molar-refractivity contribution is 7.47. The predicted molar refractivity (Wildman–Crippen MR) is 367 cm³/mol. The van der Waals surface area contributed by atoms with Crippen LogP contribution in [-0.4, -0.2) is 49.3 Å². The Morgan fingerprint density at radius 3 is 0.906 bits per heavy atom. The quantitative estimate of drug-likeness (QED) is 0.0264. The number of esters is 2. The summed E-state index contributed by atoms with van der Waals surface area (Å²) in [6.07, 6.45) is 99.3. The number of phosphoric acid groups is 1.